The second-order valence-electron chi connectivity index (χ2n) is 3.71. The number of nitrogens with zero attached hydrogens (tertiary/aromatic N) is 3. The number of benzene rings is 1. The summed E-state index contributed by atoms with van der Waals surface area (Å²) in [5.74, 6) is 2.20. The average molecular weight is 315 g/mol. The molecular weight excluding hydrogens is 302 g/mol. The summed E-state index contributed by atoms with van der Waals surface area (Å²) in [6.07, 6.45) is 0.783. The van der Waals surface area contributed by atoms with E-state index in [0.29, 0.717) is 5.88 Å². The molecule has 5 heteroatoms. The first-order chi connectivity index (χ1) is 8.24. The quantitative estimate of drug-likeness (QED) is 0.810. The molecule has 0 bridgehead atoms. The standard InChI is InChI=1S/C12H13BrClN3/c1-2-17-11(15-16-12(17)8-14)7-9-3-5-10(13)6-4-9/h3-6H,2,7-8H2,1H3. The van der Waals surface area contributed by atoms with Gasteiger partial charge >= 0.3 is 0 Å². The molecule has 0 saturated carbocycles. The first-order valence-electron chi connectivity index (χ1n) is 5.46. The van der Waals surface area contributed by atoms with E-state index in [1.54, 1.807) is 0 Å². The van der Waals surface area contributed by atoms with Gasteiger partial charge in [0.15, 0.2) is 0 Å². The van der Waals surface area contributed by atoms with E-state index in [0.717, 1.165) is 29.1 Å². The van der Waals surface area contributed by atoms with Crippen molar-refractivity contribution < 1.29 is 0 Å². The summed E-state index contributed by atoms with van der Waals surface area (Å²) < 4.78 is 3.15. The molecule has 2 rings (SSSR count). The molecule has 0 aliphatic rings. The fourth-order valence-corrected chi connectivity index (χ4v) is 2.21. The summed E-state index contributed by atoms with van der Waals surface area (Å²) in [7, 11) is 0. The number of rotatable bonds is 4. The Morgan fingerprint density at radius 3 is 2.41 bits per heavy atom. The number of halogens is 2. The Bertz CT molecular complexity index is 493. The maximum absolute atomic E-state index is 5.82. The van der Waals surface area contributed by atoms with Gasteiger partial charge in [-0.15, -0.1) is 21.8 Å². The zero-order valence-electron chi connectivity index (χ0n) is 9.53. The first kappa shape index (κ1) is 12.6. The van der Waals surface area contributed by atoms with Gasteiger partial charge in [-0.1, -0.05) is 28.1 Å². The molecule has 0 fully saturated rings. The van der Waals surface area contributed by atoms with E-state index < -0.39 is 0 Å². The summed E-state index contributed by atoms with van der Waals surface area (Å²) in [6, 6.07) is 8.23. The van der Waals surface area contributed by atoms with Gasteiger partial charge in [0.05, 0.1) is 5.88 Å². The minimum absolute atomic E-state index is 0.404. The lowest BCUT2D eigenvalue weighted by Crippen LogP contribution is -2.05. The van der Waals surface area contributed by atoms with Crippen LogP contribution in [0.4, 0.5) is 0 Å². The predicted octanol–water partition coefficient (Wildman–Crippen LogP) is 3.39. The highest BCUT2D eigenvalue weighted by Crippen LogP contribution is 2.14. The molecule has 0 aliphatic heterocycles. The van der Waals surface area contributed by atoms with Crippen molar-refractivity contribution in [2.24, 2.45) is 0 Å². The molecule has 0 N–H and O–H groups in total. The molecule has 0 atom stereocenters. The fraction of sp³-hybridized carbons (Fsp3) is 0.333. The van der Waals surface area contributed by atoms with Gasteiger partial charge in [-0.3, -0.25) is 0 Å². The van der Waals surface area contributed by atoms with Gasteiger partial charge in [0.25, 0.3) is 0 Å². The first-order valence-corrected chi connectivity index (χ1v) is 6.78. The van der Waals surface area contributed by atoms with Crippen molar-refractivity contribution in [2.45, 2.75) is 25.8 Å². The summed E-state index contributed by atoms with van der Waals surface area (Å²) in [4.78, 5) is 0. The van der Waals surface area contributed by atoms with Crippen LogP contribution in [0, 0.1) is 0 Å². The van der Waals surface area contributed by atoms with E-state index in [1.807, 2.05) is 12.1 Å². The van der Waals surface area contributed by atoms with Gasteiger partial charge in [0, 0.05) is 17.4 Å². The molecule has 17 heavy (non-hydrogen) atoms. The number of hydrogen-bond donors (Lipinski definition) is 0. The van der Waals surface area contributed by atoms with Gasteiger partial charge in [0.2, 0.25) is 0 Å². The third-order valence-corrected chi connectivity index (χ3v) is 3.38. The maximum Gasteiger partial charge on any atom is 0.147 e. The molecule has 1 aromatic heterocycles. The molecule has 2 aromatic rings. The SMILES string of the molecule is CCn1c(CCl)nnc1Cc1ccc(Br)cc1. The molecule has 0 spiro atoms. The van der Waals surface area contributed by atoms with Gasteiger partial charge in [0.1, 0.15) is 11.6 Å². The van der Waals surface area contributed by atoms with Crippen LogP contribution in [0.3, 0.4) is 0 Å². The molecule has 0 unspecified atom stereocenters. The maximum atomic E-state index is 5.82. The number of hydrogen-bond acceptors (Lipinski definition) is 2. The van der Waals surface area contributed by atoms with E-state index in [2.05, 4.69) is 49.8 Å². The van der Waals surface area contributed by atoms with Crippen LogP contribution >= 0.6 is 27.5 Å². The summed E-state index contributed by atoms with van der Waals surface area (Å²) in [5, 5.41) is 8.28. The van der Waals surface area contributed by atoms with Crippen LogP contribution in [0.25, 0.3) is 0 Å². The van der Waals surface area contributed by atoms with Crippen molar-refractivity contribution >= 4 is 27.5 Å². The second kappa shape index (κ2) is 5.65. The van der Waals surface area contributed by atoms with Crippen molar-refractivity contribution in [3.63, 3.8) is 0 Å². The zero-order chi connectivity index (χ0) is 12.3. The minimum atomic E-state index is 0.404. The molecule has 1 aromatic carbocycles. The van der Waals surface area contributed by atoms with Gasteiger partial charge < -0.3 is 4.57 Å². The molecule has 3 nitrogen and oxygen atoms in total. The highest BCUT2D eigenvalue weighted by molar-refractivity contribution is 9.10. The van der Waals surface area contributed by atoms with Crippen LogP contribution in [0.1, 0.15) is 24.1 Å². The Morgan fingerprint density at radius 1 is 1.18 bits per heavy atom. The number of alkyl halides is 1. The Kier molecular flexibility index (Phi) is 4.18. The van der Waals surface area contributed by atoms with Crippen LogP contribution in [0.2, 0.25) is 0 Å². The Hall–Kier alpha value is -0.870. The fourth-order valence-electron chi connectivity index (χ4n) is 1.75. The predicted molar refractivity (Wildman–Crippen MR) is 72.2 cm³/mol. The minimum Gasteiger partial charge on any atom is -0.314 e. The van der Waals surface area contributed by atoms with Crippen molar-refractivity contribution in [1.82, 2.24) is 14.8 Å². The molecular formula is C12H13BrClN3. The topological polar surface area (TPSA) is 30.7 Å². The van der Waals surface area contributed by atoms with Gasteiger partial charge in [-0.25, -0.2) is 0 Å². The monoisotopic (exact) mass is 313 g/mol. The third kappa shape index (κ3) is 2.87. The summed E-state index contributed by atoms with van der Waals surface area (Å²) >= 11 is 9.24. The smallest absolute Gasteiger partial charge is 0.147 e. The van der Waals surface area contributed by atoms with Crippen LogP contribution in [0.15, 0.2) is 28.7 Å². The van der Waals surface area contributed by atoms with E-state index >= 15 is 0 Å². The van der Waals surface area contributed by atoms with Crippen molar-refractivity contribution in [3.8, 4) is 0 Å². The van der Waals surface area contributed by atoms with Gasteiger partial charge in [-0.2, -0.15) is 0 Å². The molecule has 0 aliphatic carbocycles. The average Bonchev–Trinajstić information content (AvgIpc) is 2.74. The Labute approximate surface area is 114 Å². The Balaban J connectivity index is 2.23. The summed E-state index contributed by atoms with van der Waals surface area (Å²) in [5.41, 5.74) is 1.22. The van der Waals surface area contributed by atoms with Gasteiger partial charge in [-0.05, 0) is 24.6 Å². The van der Waals surface area contributed by atoms with Crippen molar-refractivity contribution in [1.29, 1.82) is 0 Å². The van der Waals surface area contributed by atoms with Crippen LogP contribution < -0.4 is 0 Å². The van der Waals surface area contributed by atoms with Crippen molar-refractivity contribution in [3.05, 3.63) is 46.0 Å². The molecule has 1 heterocycles. The van der Waals surface area contributed by atoms with E-state index in [-0.39, 0.29) is 0 Å². The van der Waals surface area contributed by atoms with Crippen LogP contribution in [0.5, 0.6) is 0 Å². The summed E-state index contributed by atoms with van der Waals surface area (Å²) in [6.45, 7) is 2.92. The largest absolute Gasteiger partial charge is 0.314 e. The van der Waals surface area contributed by atoms with Crippen LogP contribution in [-0.2, 0) is 18.8 Å². The second-order valence-corrected chi connectivity index (χ2v) is 4.90. The zero-order valence-corrected chi connectivity index (χ0v) is 11.9. The highest BCUT2D eigenvalue weighted by atomic mass is 79.9. The molecule has 90 valence electrons. The molecule has 0 amide bonds. The highest BCUT2D eigenvalue weighted by Gasteiger charge is 2.09. The molecule has 0 saturated heterocycles. The van der Waals surface area contributed by atoms with E-state index in [4.69, 9.17) is 11.6 Å². The van der Waals surface area contributed by atoms with E-state index in [1.165, 1.54) is 5.56 Å². The lowest BCUT2D eigenvalue weighted by atomic mass is 10.1. The lowest BCUT2D eigenvalue weighted by Gasteiger charge is -2.06. The normalized spacial score (nSPS) is 10.8. The Morgan fingerprint density at radius 2 is 1.82 bits per heavy atom. The van der Waals surface area contributed by atoms with Crippen molar-refractivity contribution in [2.75, 3.05) is 0 Å². The molecule has 0 radical (unpaired) electrons. The lowest BCUT2D eigenvalue weighted by molar-refractivity contribution is 0.687. The number of aromatic nitrogens is 3. The van der Waals surface area contributed by atoms with E-state index in [9.17, 15) is 0 Å². The third-order valence-electron chi connectivity index (χ3n) is 2.62. The van der Waals surface area contributed by atoms with Crippen LogP contribution in [-0.4, -0.2) is 14.8 Å².